The minimum atomic E-state index is -0.942. The summed E-state index contributed by atoms with van der Waals surface area (Å²) in [6, 6.07) is 3.08. The fourth-order valence-electron chi connectivity index (χ4n) is 0.929. The van der Waals surface area contributed by atoms with Crippen LogP contribution in [0.1, 0.15) is 10.4 Å². The first-order chi connectivity index (χ1) is 7.30. The molecular weight excluding hydrogens is 198 g/mol. The molecule has 1 aromatic heterocycles. The SMILES string of the molecule is C1COCCO1.O=C(O)c1cccnc1. The lowest BCUT2D eigenvalue weighted by atomic mass is 10.3. The summed E-state index contributed by atoms with van der Waals surface area (Å²) in [7, 11) is 0. The van der Waals surface area contributed by atoms with Crippen molar-refractivity contribution in [3.8, 4) is 0 Å². The van der Waals surface area contributed by atoms with Gasteiger partial charge in [-0.25, -0.2) is 4.79 Å². The smallest absolute Gasteiger partial charge is 0.337 e. The van der Waals surface area contributed by atoms with Crippen LogP contribution in [0.15, 0.2) is 24.5 Å². The van der Waals surface area contributed by atoms with Crippen LogP contribution in [0.25, 0.3) is 0 Å². The van der Waals surface area contributed by atoms with Crippen molar-refractivity contribution < 1.29 is 19.4 Å². The highest BCUT2D eigenvalue weighted by atomic mass is 16.6. The monoisotopic (exact) mass is 211 g/mol. The zero-order chi connectivity index (χ0) is 10.9. The van der Waals surface area contributed by atoms with Crippen molar-refractivity contribution in [2.75, 3.05) is 26.4 Å². The first-order valence-electron chi connectivity index (χ1n) is 4.59. The van der Waals surface area contributed by atoms with E-state index in [4.69, 9.17) is 14.6 Å². The Labute approximate surface area is 87.7 Å². The summed E-state index contributed by atoms with van der Waals surface area (Å²) in [6.45, 7) is 3.11. The van der Waals surface area contributed by atoms with E-state index >= 15 is 0 Å². The summed E-state index contributed by atoms with van der Waals surface area (Å²) in [4.78, 5) is 13.8. The maximum Gasteiger partial charge on any atom is 0.337 e. The van der Waals surface area contributed by atoms with Crippen molar-refractivity contribution >= 4 is 5.97 Å². The van der Waals surface area contributed by atoms with Crippen LogP contribution in [0.5, 0.6) is 0 Å². The Balaban J connectivity index is 0.000000162. The molecule has 5 nitrogen and oxygen atoms in total. The Morgan fingerprint density at radius 3 is 2.13 bits per heavy atom. The van der Waals surface area contributed by atoms with Gasteiger partial charge in [-0.15, -0.1) is 0 Å². The molecule has 82 valence electrons. The lowest BCUT2D eigenvalue weighted by Gasteiger charge is -2.09. The largest absolute Gasteiger partial charge is 0.478 e. The zero-order valence-corrected chi connectivity index (χ0v) is 8.26. The van der Waals surface area contributed by atoms with Crippen molar-refractivity contribution in [2.45, 2.75) is 0 Å². The fourth-order valence-corrected chi connectivity index (χ4v) is 0.929. The number of rotatable bonds is 1. The van der Waals surface area contributed by atoms with Gasteiger partial charge in [-0.1, -0.05) is 0 Å². The molecule has 0 atom stereocenters. The molecule has 1 aliphatic rings. The predicted molar refractivity (Wildman–Crippen MR) is 52.8 cm³/mol. The Hall–Kier alpha value is -1.46. The van der Waals surface area contributed by atoms with Crippen molar-refractivity contribution in [3.63, 3.8) is 0 Å². The Morgan fingerprint density at radius 1 is 1.27 bits per heavy atom. The van der Waals surface area contributed by atoms with E-state index in [-0.39, 0.29) is 5.56 Å². The van der Waals surface area contributed by atoms with Crippen LogP contribution in [0.3, 0.4) is 0 Å². The number of nitrogens with zero attached hydrogens (tertiary/aromatic N) is 1. The summed E-state index contributed by atoms with van der Waals surface area (Å²) < 4.78 is 9.89. The molecule has 0 amide bonds. The molecule has 0 bridgehead atoms. The minimum absolute atomic E-state index is 0.220. The van der Waals surface area contributed by atoms with E-state index in [9.17, 15) is 4.79 Å². The molecule has 1 aromatic rings. The number of carboxylic acid groups (broad SMARTS) is 1. The molecule has 1 fully saturated rings. The molecule has 1 aliphatic heterocycles. The van der Waals surface area contributed by atoms with Crippen molar-refractivity contribution in [2.24, 2.45) is 0 Å². The average Bonchev–Trinajstić information content (AvgIpc) is 2.33. The Kier molecular flexibility index (Phi) is 5.35. The van der Waals surface area contributed by atoms with Crippen molar-refractivity contribution in [1.82, 2.24) is 4.98 Å². The minimum Gasteiger partial charge on any atom is -0.478 e. The highest BCUT2D eigenvalue weighted by molar-refractivity contribution is 5.86. The van der Waals surface area contributed by atoms with E-state index in [1.165, 1.54) is 18.5 Å². The van der Waals surface area contributed by atoms with E-state index in [2.05, 4.69) is 4.98 Å². The van der Waals surface area contributed by atoms with Crippen molar-refractivity contribution in [1.29, 1.82) is 0 Å². The van der Waals surface area contributed by atoms with Crippen LogP contribution in [0, 0.1) is 0 Å². The summed E-state index contributed by atoms with van der Waals surface area (Å²) in [5.41, 5.74) is 0.220. The lowest BCUT2D eigenvalue weighted by Crippen LogP contribution is -2.16. The van der Waals surface area contributed by atoms with Gasteiger partial charge in [0.1, 0.15) is 0 Å². The average molecular weight is 211 g/mol. The first kappa shape index (κ1) is 11.6. The van der Waals surface area contributed by atoms with Gasteiger partial charge in [0.05, 0.1) is 32.0 Å². The van der Waals surface area contributed by atoms with E-state index in [0.717, 1.165) is 26.4 Å². The molecule has 0 radical (unpaired) electrons. The van der Waals surface area contributed by atoms with Gasteiger partial charge in [0.15, 0.2) is 0 Å². The van der Waals surface area contributed by atoms with Gasteiger partial charge in [0.2, 0.25) is 0 Å². The maximum atomic E-state index is 10.2. The molecule has 2 heterocycles. The fraction of sp³-hybridized carbons (Fsp3) is 0.400. The molecule has 0 spiro atoms. The second-order valence-corrected chi connectivity index (χ2v) is 2.77. The molecule has 0 aliphatic carbocycles. The van der Waals surface area contributed by atoms with E-state index in [1.807, 2.05) is 0 Å². The summed E-state index contributed by atoms with van der Waals surface area (Å²) in [5.74, 6) is -0.942. The number of ether oxygens (including phenoxy) is 2. The molecule has 15 heavy (non-hydrogen) atoms. The van der Waals surface area contributed by atoms with Gasteiger partial charge in [-0.2, -0.15) is 0 Å². The second kappa shape index (κ2) is 6.92. The normalized spacial score (nSPS) is 14.9. The third-order valence-electron chi connectivity index (χ3n) is 1.65. The third kappa shape index (κ3) is 5.09. The number of pyridine rings is 1. The van der Waals surface area contributed by atoms with E-state index in [0.29, 0.717) is 0 Å². The standard InChI is InChI=1S/C6H5NO2.C4H8O2/c8-6(9)5-2-1-3-7-4-5;1-2-6-4-3-5-1/h1-4H,(H,8,9);1-4H2. The molecular formula is C10H13NO4. The number of hydrogen-bond acceptors (Lipinski definition) is 4. The number of carboxylic acids is 1. The number of hydrogen-bond donors (Lipinski definition) is 1. The topological polar surface area (TPSA) is 68.7 Å². The zero-order valence-electron chi connectivity index (χ0n) is 8.26. The highest BCUT2D eigenvalue weighted by Gasteiger charge is 1.97. The number of carbonyl (C=O) groups is 1. The summed E-state index contributed by atoms with van der Waals surface area (Å²) >= 11 is 0. The number of aromatic nitrogens is 1. The van der Waals surface area contributed by atoms with E-state index < -0.39 is 5.97 Å². The van der Waals surface area contributed by atoms with Gasteiger partial charge in [-0.3, -0.25) is 4.98 Å². The van der Waals surface area contributed by atoms with Crippen LogP contribution in [-0.2, 0) is 9.47 Å². The van der Waals surface area contributed by atoms with Crippen molar-refractivity contribution in [3.05, 3.63) is 30.1 Å². The van der Waals surface area contributed by atoms with Crippen LogP contribution in [0.2, 0.25) is 0 Å². The predicted octanol–water partition coefficient (Wildman–Crippen LogP) is 0.813. The molecule has 2 rings (SSSR count). The molecule has 1 saturated heterocycles. The van der Waals surface area contributed by atoms with Crippen LogP contribution < -0.4 is 0 Å². The Morgan fingerprint density at radius 2 is 1.87 bits per heavy atom. The molecule has 5 heteroatoms. The molecule has 0 saturated carbocycles. The Bertz CT molecular complexity index is 273. The first-order valence-corrected chi connectivity index (χ1v) is 4.59. The van der Waals surface area contributed by atoms with E-state index in [1.54, 1.807) is 6.07 Å². The number of aromatic carboxylic acids is 1. The maximum absolute atomic E-state index is 10.2. The van der Waals surface area contributed by atoms with Gasteiger partial charge >= 0.3 is 5.97 Å². The van der Waals surface area contributed by atoms with Crippen LogP contribution in [-0.4, -0.2) is 42.5 Å². The molecule has 1 N–H and O–H groups in total. The molecule has 0 aromatic carbocycles. The van der Waals surface area contributed by atoms with Gasteiger partial charge in [0.25, 0.3) is 0 Å². The third-order valence-corrected chi connectivity index (χ3v) is 1.65. The lowest BCUT2D eigenvalue weighted by molar-refractivity contribution is -0.0334. The van der Waals surface area contributed by atoms with Crippen LogP contribution in [0.4, 0.5) is 0 Å². The van der Waals surface area contributed by atoms with Gasteiger partial charge in [-0.05, 0) is 12.1 Å². The molecule has 0 unspecified atom stereocenters. The second-order valence-electron chi connectivity index (χ2n) is 2.77. The summed E-state index contributed by atoms with van der Waals surface area (Å²) in [6.07, 6.45) is 2.84. The van der Waals surface area contributed by atoms with Gasteiger partial charge in [0, 0.05) is 12.4 Å². The summed E-state index contributed by atoms with van der Waals surface area (Å²) in [5, 5.41) is 8.34. The van der Waals surface area contributed by atoms with Crippen LogP contribution >= 0.6 is 0 Å². The van der Waals surface area contributed by atoms with Gasteiger partial charge < -0.3 is 14.6 Å². The highest BCUT2D eigenvalue weighted by Crippen LogP contribution is 1.92. The quantitative estimate of drug-likeness (QED) is 0.744.